The molecule has 0 fully saturated rings. The Balaban J connectivity index is 2.08. The molecule has 20 heavy (non-hydrogen) atoms. The quantitative estimate of drug-likeness (QED) is 0.805. The van der Waals surface area contributed by atoms with Gasteiger partial charge < -0.3 is 5.73 Å². The number of halogens is 2. The van der Waals surface area contributed by atoms with Crippen molar-refractivity contribution in [1.82, 2.24) is 0 Å². The molecule has 2 unspecified atom stereocenters. The minimum atomic E-state index is 0.0609. The third-order valence-electron chi connectivity index (χ3n) is 3.00. The van der Waals surface area contributed by atoms with Crippen molar-refractivity contribution in [2.45, 2.75) is 24.0 Å². The Morgan fingerprint density at radius 3 is 2.35 bits per heavy atom. The van der Waals surface area contributed by atoms with Crippen LogP contribution in [-0.2, 0) is 5.75 Å². The standard InChI is InChI=1S/C16H17Cl2NS/c1-11(19)16(13-3-2-4-15(18)9-13)20-10-12-5-7-14(17)8-6-12/h2-9,11,16H,10,19H2,1H3. The molecule has 2 atom stereocenters. The Hall–Kier alpha value is -0.670. The molecule has 106 valence electrons. The van der Waals surface area contributed by atoms with Crippen molar-refractivity contribution in [1.29, 1.82) is 0 Å². The van der Waals surface area contributed by atoms with E-state index in [0.29, 0.717) is 0 Å². The van der Waals surface area contributed by atoms with Gasteiger partial charge in [-0.25, -0.2) is 0 Å². The fraction of sp³-hybridized carbons (Fsp3) is 0.250. The van der Waals surface area contributed by atoms with Crippen molar-refractivity contribution < 1.29 is 0 Å². The van der Waals surface area contributed by atoms with Gasteiger partial charge in [-0.3, -0.25) is 0 Å². The Morgan fingerprint density at radius 2 is 1.75 bits per heavy atom. The molecule has 1 nitrogen and oxygen atoms in total. The van der Waals surface area contributed by atoms with Crippen molar-refractivity contribution in [3.05, 3.63) is 69.7 Å². The average Bonchev–Trinajstić information content (AvgIpc) is 2.41. The molecule has 2 rings (SSSR count). The Labute approximate surface area is 134 Å². The molecule has 0 aromatic heterocycles. The fourth-order valence-corrected chi connectivity index (χ4v) is 3.53. The van der Waals surface area contributed by atoms with Crippen LogP contribution in [0.3, 0.4) is 0 Å². The molecule has 2 aromatic rings. The van der Waals surface area contributed by atoms with Crippen LogP contribution in [0.4, 0.5) is 0 Å². The molecular formula is C16H17Cl2NS. The molecular weight excluding hydrogens is 309 g/mol. The minimum Gasteiger partial charge on any atom is -0.327 e. The van der Waals surface area contributed by atoms with E-state index >= 15 is 0 Å². The maximum absolute atomic E-state index is 6.12. The van der Waals surface area contributed by atoms with Gasteiger partial charge in [0.2, 0.25) is 0 Å². The lowest BCUT2D eigenvalue weighted by atomic mass is 10.1. The summed E-state index contributed by atoms with van der Waals surface area (Å²) in [7, 11) is 0. The SMILES string of the molecule is CC(N)C(SCc1ccc(Cl)cc1)c1cccc(Cl)c1. The van der Waals surface area contributed by atoms with E-state index in [1.165, 1.54) is 11.1 Å². The van der Waals surface area contributed by atoms with Gasteiger partial charge in [0.15, 0.2) is 0 Å². The first kappa shape index (κ1) is 15.7. The van der Waals surface area contributed by atoms with Gasteiger partial charge in [-0.1, -0.05) is 47.5 Å². The number of rotatable bonds is 5. The van der Waals surface area contributed by atoms with Gasteiger partial charge in [0.25, 0.3) is 0 Å². The Bertz CT molecular complexity index is 555. The minimum absolute atomic E-state index is 0.0609. The summed E-state index contributed by atoms with van der Waals surface area (Å²) in [5, 5.41) is 1.74. The zero-order valence-corrected chi connectivity index (χ0v) is 13.6. The Kier molecular flexibility index (Phi) is 5.79. The van der Waals surface area contributed by atoms with Gasteiger partial charge in [0.1, 0.15) is 0 Å². The first-order valence-electron chi connectivity index (χ1n) is 6.43. The predicted molar refractivity (Wildman–Crippen MR) is 90.6 cm³/mol. The maximum atomic E-state index is 6.12. The molecule has 4 heteroatoms. The van der Waals surface area contributed by atoms with Crippen molar-refractivity contribution in [3.63, 3.8) is 0 Å². The number of benzene rings is 2. The molecule has 0 saturated carbocycles. The smallest absolute Gasteiger partial charge is 0.0449 e. The van der Waals surface area contributed by atoms with Crippen LogP contribution < -0.4 is 5.73 Å². The van der Waals surface area contributed by atoms with E-state index in [2.05, 4.69) is 6.07 Å². The van der Waals surface area contributed by atoms with Gasteiger partial charge in [0.05, 0.1) is 0 Å². The van der Waals surface area contributed by atoms with Crippen molar-refractivity contribution in [2.75, 3.05) is 0 Å². The maximum Gasteiger partial charge on any atom is 0.0449 e. The highest BCUT2D eigenvalue weighted by molar-refractivity contribution is 7.98. The molecule has 0 saturated heterocycles. The highest BCUT2D eigenvalue weighted by Crippen LogP contribution is 2.34. The molecule has 0 spiro atoms. The van der Waals surface area contributed by atoms with E-state index in [-0.39, 0.29) is 11.3 Å². The zero-order valence-electron chi connectivity index (χ0n) is 11.2. The number of hydrogen-bond donors (Lipinski definition) is 1. The van der Waals surface area contributed by atoms with E-state index < -0.39 is 0 Å². The summed E-state index contributed by atoms with van der Waals surface area (Å²) in [6, 6.07) is 15.9. The number of thioether (sulfide) groups is 1. The van der Waals surface area contributed by atoms with Crippen LogP contribution in [0.15, 0.2) is 48.5 Å². The van der Waals surface area contributed by atoms with Crippen LogP contribution >= 0.6 is 35.0 Å². The largest absolute Gasteiger partial charge is 0.327 e. The van der Waals surface area contributed by atoms with Gasteiger partial charge >= 0.3 is 0 Å². The topological polar surface area (TPSA) is 26.0 Å². The Morgan fingerprint density at radius 1 is 1.05 bits per heavy atom. The molecule has 0 aliphatic rings. The monoisotopic (exact) mass is 325 g/mol. The first-order valence-corrected chi connectivity index (χ1v) is 8.24. The van der Waals surface area contributed by atoms with Gasteiger partial charge in [-0.05, 0) is 42.3 Å². The lowest BCUT2D eigenvalue weighted by Gasteiger charge is -2.21. The van der Waals surface area contributed by atoms with Gasteiger partial charge in [0, 0.05) is 27.1 Å². The molecule has 0 aliphatic carbocycles. The average molecular weight is 326 g/mol. The summed E-state index contributed by atoms with van der Waals surface area (Å²) in [4.78, 5) is 0. The van der Waals surface area contributed by atoms with Crippen LogP contribution in [0.1, 0.15) is 23.3 Å². The first-order chi connectivity index (χ1) is 9.56. The molecule has 0 radical (unpaired) electrons. The third-order valence-corrected chi connectivity index (χ3v) is 5.05. The summed E-state index contributed by atoms with van der Waals surface area (Å²) < 4.78 is 0. The third kappa shape index (κ3) is 4.42. The van der Waals surface area contributed by atoms with Crippen molar-refractivity contribution in [3.8, 4) is 0 Å². The molecule has 0 bridgehead atoms. The number of nitrogens with two attached hydrogens (primary N) is 1. The van der Waals surface area contributed by atoms with Crippen molar-refractivity contribution in [2.24, 2.45) is 5.73 Å². The molecule has 2 aromatic carbocycles. The summed E-state index contributed by atoms with van der Waals surface area (Å²) in [6.45, 7) is 2.03. The second-order valence-electron chi connectivity index (χ2n) is 4.77. The summed E-state index contributed by atoms with van der Waals surface area (Å²) in [5.74, 6) is 0.899. The summed E-state index contributed by atoms with van der Waals surface area (Å²) in [5.41, 5.74) is 8.54. The normalized spacial score (nSPS) is 14.0. The summed E-state index contributed by atoms with van der Waals surface area (Å²) >= 11 is 13.8. The second-order valence-corrected chi connectivity index (χ2v) is 6.77. The zero-order chi connectivity index (χ0) is 14.5. The molecule has 0 heterocycles. The fourth-order valence-electron chi connectivity index (χ4n) is 2.00. The number of hydrogen-bond acceptors (Lipinski definition) is 2. The van der Waals surface area contributed by atoms with Gasteiger partial charge in [-0.2, -0.15) is 0 Å². The second kappa shape index (κ2) is 7.37. The molecule has 0 amide bonds. The van der Waals surface area contributed by atoms with Crippen LogP contribution in [0.25, 0.3) is 0 Å². The molecule has 0 aliphatic heterocycles. The van der Waals surface area contributed by atoms with Crippen LogP contribution in [-0.4, -0.2) is 6.04 Å². The lowest BCUT2D eigenvalue weighted by Crippen LogP contribution is -2.22. The highest BCUT2D eigenvalue weighted by atomic mass is 35.5. The van der Waals surface area contributed by atoms with Crippen LogP contribution in [0, 0.1) is 0 Å². The van der Waals surface area contributed by atoms with E-state index in [0.717, 1.165) is 15.8 Å². The highest BCUT2D eigenvalue weighted by Gasteiger charge is 2.17. The summed E-state index contributed by atoms with van der Waals surface area (Å²) in [6.07, 6.45) is 0. The van der Waals surface area contributed by atoms with Gasteiger partial charge in [-0.15, -0.1) is 11.8 Å². The van der Waals surface area contributed by atoms with Crippen LogP contribution in [0.5, 0.6) is 0 Å². The van der Waals surface area contributed by atoms with Crippen molar-refractivity contribution >= 4 is 35.0 Å². The van der Waals surface area contributed by atoms with E-state index in [1.54, 1.807) is 0 Å². The van der Waals surface area contributed by atoms with E-state index in [1.807, 2.05) is 61.2 Å². The predicted octanol–water partition coefficient (Wildman–Crippen LogP) is 5.32. The molecule has 2 N–H and O–H groups in total. The van der Waals surface area contributed by atoms with E-state index in [4.69, 9.17) is 28.9 Å². The lowest BCUT2D eigenvalue weighted by molar-refractivity contribution is 0.721. The van der Waals surface area contributed by atoms with E-state index in [9.17, 15) is 0 Å². The van der Waals surface area contributed by atoms with Crippen LogP contribution in [0.2, 0.25) is 10.0 Å².